The quantitative estimate of drug-likeness (QED) is 0.661. The van der Waals surface area contributed by atoms with Crippen LogP contribution in [0, 0.1) is 5.92 Å². The van der Waals surface area contributed by atoms with E-state index >= 15 is 0 Å². The molecule has 0 aliphatic carbocycles. The number of carbonyl (C=O) groups excluding carboxylic acids is 1. The fourth-order valence-corrected chi connectivity index (χ4v) is 2.02. The molecule has 6 heteroatoms. The summed E-state index contributed by atoms with van der Waals surface area (Å²) >= 11 is 0. The van der Waals surface area contributed by atoms with Crippen LogP contribution in [0.25, 0.3) is 0 Å². The monoisotopic (exact) mass is 236 g/mol. The molecule has 0 spiro atoms. The molecule has 1 aliphatic heterocycles. The van der Waals surface area contributed by atoms with Gasteiger partial charge in [-0.3, -0.25) is 4.79 Å². The second kappa shape index (κ2) is 4.58. The summed E-state index contributed by atoms with van der Waals surface area (Å²) in [6.07, 6.45) is 0.901. The Morgan fingerprint density at radius 1 is 1.59 bits per heavy atom. The third-order valence-corrected chi connectivity index (χ3v) is 3.00. The normalized spacial score (nSPS) is 19.6. The number of primary amides is 1. The minimum atomic E-state index is -0.566. The van der Waals surface area contributed by atoms with Crippen LogP contribution in [0.15, 0.2) is 12.1 Å². The highest BCUT2D eigenvalue weighted by Crippen LogP contribution is 2.26. The minimum Gasteiger partial charge on any atom is -0.396 e. The number of hydrogen-bond acceptors (Lipinski definition) is 5. The van der Waals surface area contributed by atoms with Gasteiger partial charge in [-0.1, -0.05) is 0 Å². The van der Waals surface area contributed by atoms with Crippen LogP contribution in [0.2, 0.25) is 0 Å². The van der Waals surface area contributed by atoms with E-state index in [-0.39, 0.29) is 18.2 Å². The topological polar surface area (TPSA) is 105 Å². The number of amides is 1. The number of anilines is 2. The molecule has 1 aromatic heterocycles. The molecule has 1 aliphatic rings. The molecule has 1 saturated heterocycles. The first-order valence-electron chi connectivity index (χ1n) is 5.54. The largest absolute Gasteiger partial charge is 0.396 e. The predicted molar refractivity (Wildman–Crippen MR) is 64.6 cm³/mol. The summed E-state index contributed by atoms with van der Waals surface area (Å²) < 4.78 is 0. The van der Waals surface area contributed by atoms with Gasteiger partial charge in [0.15, 0.2) is 5.82 Å². The number of rotatable bonds is 3. The Morgan fingerprint density at radius 2 is 2.35 bits per heavy atom. The molecule has 0 radical (unpaired) electrons. The Bertz CT molecular complexity index is 435. The van der Waals surface area contributed by atoms with E-state index in [1.165, 1.54) is 6.07 Å². The zero-order valence-corrected chi connectivity index (χ0v) is 9.47. The zero-order chi connectivity index (χ0) is 12.4. The van der Waals surface area contributed by atoms with Gasteiger partial charge in [-0.25, -0.2) is 4.98 Å². The number of aliphatic hydroxyl groups excluding tert-OH is 1. The minimum absolute atomic E-state index is 0.159. The summed E-state index contributed by atoms with van der Waals surface area (Å²) in [5.41, 5.74) is 11.8. The summed E-state index contributed by atoms with van der Waals surface area (Å²) in [5, 5.41) is 9.09. The molecule has 1 amide bonds. The summed E-state index contributed by atoms with van der Waals surface area (Å²) in [4.78, 5) is 17.2. The Morgan fingerprint density at radius 3 is 2.94 bits per heavy atom. The lowest BCUT2D eigenvalue weighted by molar-refractivity contribution is 0.0995. The SMILES string of the molecule is NC(=O)c1ccc(N)c(N2CCC(CO)C2)n1. The van der Waals surface area contributed by atoms with Crippen molar-refractivity contribution in [3.05, 3.63) is 17.8 Å². The molecule has 0 saturated carbocycles. The van der Waals surface area contributed by atoms with E-state index < -0.39 is 5.91 Å². The van der Waals surface area contributed by atoms with E-state index in [2.05, 4.69) is 4.98 Å². The second-order valence-corrected chi connectivity index (χ2v) is 4.26. The van der Waals surface area contributed by atoms with Gasteiger partial charge in [0, 0.05) is 25.6 Å². The third-order valence-electron chi connectivity index (χ3n) is 3.00. The van der Waals surface area contributed by atoms with Crippen molar-refractivity contribution in [3.63, 3.8) is 0 Å². The molecular formula is C11H16N4O2. The van der Waals surface area contributed by atoms with Crippen molar-refractivity contribution in [3.8, 4) is 0 Å². The first-order chi connectivity index (χ1) is 8.11. The fraction of sp³-hybridized carbons (Fsp3) is 0.455. The van der Waals surface area contributed by atoms with Gasteiger partial charge in [-0.05, 0) is 18.6 Å². The zero-order valence-electron chi connectivity index (χ0n) is 9.47. The highest BCUT2D eigenvalue weighted by atomic mass is 16.3. The molecular weight excluding hydrogens is 220 g/mol. The number of carbonyl (C=O) groups is 1. The van der Waals surface area contributed by atoms with Crippen LogP contribution in [0.5, 0.6) is 0 Å². The Balaban J connectivity index is 2.25. The van der Waals surface area contributed by atoms with Crippen LogP contribution >= 0.6 is 0 Å². The molecule has 1 unspecified atom stereocenters. The van der Waals surface area contributed by atoms with Crippen molar-refractivity contribution < 1.29 is 9.90 Å². The van der Waals surface area contributed by atoms with Crippen LogP contribution < -0.4 is 16.4 Å². The third kappa shape index (κ3) is 2.31. The maximum Gasteiger partial charge on any atom is 0.267 e. The van der Waals surface area contributed by atoms with Crippen molar-refractivity contribution in [1.29, 1.82) is 0 Å². The molecule has 1 aromatic rings. The molecule has 0 bridgehead atoms. The molecule has 6 nitrogen and oxygen atoms in total. The van der Waals surface area contributed by atoms with E-state index in [0.717, 1.165) is 13.0 Å². The van der Waals surface area contributed by atoms with Gasteiger partial charge in [-0.2, -0.15) is 0 Å². The van der Waals surface area contributed by atoms with E-state index in [0.29, 0.717) is 18.1 Å². The van der Waals surface area contributed by atoms with Gasteiger partial charge in [0.1, 0.15) is 5.69 Å². The first-order valence-corrected chi connectivity index (χ1v) is 5.54. The summed E-state index contributed by atoms with van der Waals surface area (Å²) in [6, 6.07) is 3.15. The van der Waals surface area contributed by atoms with E-state index in [9.17, 15) is 4.79 Å². The van der Waals surface area contributed by atoms with Crippen LogP contribution in [0.3, 0.4) is 0 Å². The lowest BCUT2D eigenvalue weighted by Gasteiger charge is -2.19. The maximum absolute atomic E-state index is 11.1. The number of nitrogens with two attached hydrogens (primary N) is 2. The molecule has 1 atom stereocenters. The molecule has 1 fully saturated rings. The Labute approximate surface area is 99.2 Å². The number of pyridine rings is 1. The van der Waals surface area contributed by atoms with Gasteiger partial charge in [-0.15, -0.1) is 0 Å². The van der Waals surface area contributed by atoms with E-state index in [1.807, 2.05) is 4.90 Å². The number of nitrogens with zero attached hydrogens (tertiary/aromatic N) is 2. The van der Waals surface area contributed by atoms with Gasteiger partial charge < -0.3 is 21.5 Å². The van der Waals surface area contributed by atoms with Crippen molar-refractivity contribution in [2.45, 2.75) is 6.42 Å². The summed E-state index contributed by atoms with van der Waals surface area (Å²) in [5.74, 6) is 0.259. The van der Waals surface area contributed by atoms with Gasteiger partial charge in [0.2, 0.25) is 0 Å². The highest BCUT2D eigenvalue weighted by Gasteiger charge is 2.24. The smallest absolute Gasteiger partial charge is 0.267 e. The average Bonchev–Trinajstić information content (AvgIpc) is 2.77. The highest BCUT2D eigenvalue weighted by molar-refractivity contribution is 5.91. The van der Waals surface area contributed by atoms with Crippen LogP contribution in [0.4, 0.5) is 11.5 Å². The lowest BCUT2D eigenvalue weighted by atomic mass is 10.1. The van der Waals surface area contributed by atoms with E-state index in [4.69, 9.17) is 16.6 Å². The molecule has 17 heavy (non-hydrogen) atoms. The van der Waals surface area contributed by atoms with Gasteiger partial charge >= 0.3 is 0 Å². The molecule has 92 valence electrons. The van der Waals surface area contributed by atoms with Gasteiger partial charge in [0.25, 0.3) is 5.91 Å². The summed E-state index contributed by atoms with van der Waals surface area (Å²) in [7, 11) is 0. The Kier molecular flexibility index (Phi) is 3.14. The van der Waals surface area contributed by atoms with Crippen LogP contribution in [0.1, 0.15) is 16.9 Å². The summed E-state index contributed by atoms with van der Waals surface area (Å²) in [6.45, 7) is 1.65. The van der Waals surface area contributed by atoms with Crippen molar-refractivity contribution in [1.82, 2.24) is 4.98 Å². The predicted octanol–water partition coefficient (Wildman–Crippen LogP) is -0.419. The van der Waals surface area contributed by atoms with Gasteiger partial charge in [0.05, 0.1) is 5.69 Å². The second-order valence-electron chi connectivity index (χ2n) is 4.26. The number of nitrogen functional groups attached to an aromatic ring is 1. The number of aliphatic hydroxyl groups is 1. The van der Waals surface area contributed by atoms with Crippen LogP contribution in [-0.4, -0.2) is 35.7 Å². The van der Waals surface area contributed by atoms with Crippen molar-refractivity contribution >= 4 is 17.4 Å². The average molecular weight is 236 g/mol. The maximum atomic E-state index is 11.1. The molecule has 2 heterocycles. The standard InChI is InChI=1S/C11H16N4O2/c12-8-1-2-9(10(13)17)14-11(8)15-4-3-7(5-15)6-16/h1-2,7,16H,3-6,12H2,(H2,13,17). The number of hydrogen-bond donors (Lipinski definition) is 3. The van der Waals surface area contributed by atoms with E-state index in [1.54, 1.807) is 6.07 Å². The van der Waals surface area contributed by atoms with Crippen molar-refractivity contribution in [2.24, 2.45) is 11.7 Å². The molecule has 0 aromatic carbocycles. The Hall–Kier alpha value is -1.82. The number of aromatic nitrogens is 1. The fourth-order valence-electron chi connectivity index (χ4n) is 2.02. The van der Waals surface area contributed by atoms with Crippen molar-refractivity contribution in [2.75, 3.05) is 30.3 Å². The molecule has 2 rings (SSSR count). The molecule has 5 N–H and O–H groups in total. The first kappa shape index (κ1) is 11.7. The van der Waals surface area contributed by atoms with Crippen LogP contribution in [-0.2, 0) is 0 Å². The lowest BCUT2D eigenvalue weighted by Crippen LogP contribution is -2.24.